The first-order valence-electron chi connectivity index (χ1n) is 6.10. The van der Waals surface area contributed by atoms with Crippen molar-refractivity contribution in [1.82, 2.24) is 5.32 Å². The Labute approximate surface area is 107 Å². The van der Waals surface area contributed by atoms with Crippen LogP contribution in [0.25, 0.3) is 4.85 Å². The fraction of sp³-hybridized carbons (Fsp3) is 0.429. The Bertz CT molecular complexity index is 512. The molecule has 1 saturated carbocycles. The first-order chi connectivity index (χ1) is 8.60. The van der Waals surface area contributed by atoms with Gasteiger partial charge in [-0.1, -0.05) is 0 Å². The van der Waals surface area contributed by atoms with Crippen LogP contribution >= 0.6 is 0 Å². The smallest absolute Gasteiger partial charge is 0.305 e. The van der Waals surface area contributed by atoms with E-state index in [9.17, 15) is 4.79 Å². The molecular formula is C14H17N3O. The second kappa shape index (κ2) is 4.69. The normalized spacial score (nSPS) is 16.3. The van der Waals surface area contributed by atoms with Crippen molar-refractivity contribution in [3.05, 3.63) is 40.7 Å². The Morgan fingerprint density at radius 2 is 2.17 bits per heavy atom. The minimum absolute atomic E-state index is 0.0809. The molecule has 0 radical (unpaired) electrons. The van der Waals surface area contributed by atoms with Crippen molar-refractivity contribution in [2.75, 3.05) is 12.4 Å². The maximum atomic E-state index is 11.6. The number of carbonyl (C=O) groups excluding carboxylic acids is 1. The highest BCUT2D eigenvalue weighted by atomic mass is 16.1. The van der Waals surface area contributed by atoms with Gasteiger partial charge >= 0.3 is 5.66 Å². The van der Waals surface area contributed by atoms with Gasteiger partial charge in [-0.15, -0.1) is 0 Å². The van der Waals surface area contributed by atoms with E-state index in [4.69, 9.17) is 6.57 Å². The highest BCUT2D eigenvalue weighted by Gasteiger charge is 2.43. The zero-order chi connectivity index (χ0) is 13.2. The van der Waals surface area contributed by atoms with Crippen LogP contribution in [0.1, 0.15) is 35.2 Å². The number of nitrogens with zero attached hydrogens (tertiary/aromatic N) is 1. The van der Waals surface area contributed by atoms with Gasteiger partial charge in [-0.3, -0.25) is 9.64 Å². The molecule has 1 aliphatic rings. The molecule has 0 saturated heterocycles. The molecule has 0 heterocycles. The zero-order valence-corrected chi connectivity index (χ0v) is 10.7. The molecule has 2 rings (SSSR count). The van der Waals surface area contributed by atoms with Crippen LogP contribution < -0.4 is 10.6 Å². The topological polar surface area (TPSA) is 45.5 Å². The fourth-order valence-electron chi connectivity index (χ4n) is 2.18. The van der Waals surface area contributed by atoms with Crippen LogP contribution in [0.4, 0.5) is 5.69 Å². The van der Waals surface area contributed by atoms with E-state index in [0.29, 0.717) is 5.56 Å². The molecule has 0 spiro atoms. The van der Waals surface area contributed by atoms with Crippen LogP contribution in [0.15, 0.2) is 18.2 Å². The lowest BCUT2D eigenvalue weighted by atomic mass is 9.85. The number of aryl methyl sites for hydroxylation is 1. The number of hydrogen-bond acceptors (Lipinski definition) is 2. The highest BCUT2D eigenvalue weighted by molar-refractivity contribution is 5.95. The van der Waals surface area contributed by atoms with Crippen molar-refractivity contribution in [1.29, 1.82) is 0 Å². The van der Waals surface area contributed by atoms with Crippen LogP contribution in [0.2, 0.25) is 0 Å². The quantitative estimate of drug-likeness (QED) is 0.801. The van der Waals surface area contributed by atoms with Gasteiger partial charge in [-0.25, -0.2) is 6.57 Å². The summed E-state index contributed by atoms with van der Waals surface area (Å²) in [5, 5.41) is 5.90. The molecule has 0 atom stereocenters. The van der Waals surface area contributed by atoms with Crippen molar-refractivity contribution in [2.24, 2.45) is 0 Å². The molecule has 4 heteroatoms. The number of amides is 1. The second-order valence-electron chi connectivity index (χ2n) is 4.73. The zero-order valence-electron chi connectivity index (χ0n) is 10.7. The molecule has 1 amide bonds. The average Bonchev–Trinajstić information content (AvgIpc) is 2.33. The fourth-order valence-corrected chi connectivity index (χ4v) is 2.18. The van der Waals surface area contributed by atoms with Crippen LogP contribution in [-0.2, 0) is 0 Å². The molecule has 0 unspecified atom stereocenters. The van der Waals surface area contributed by atoms with Crippen LogP contribution in [-0.4, -0.2) is 18.6 Å². The summed E-state index contributed by atoms with van der Waals surface area (Å²) in [4.78, 5) is 15.3. The Balaban J connectivity index is 2.19. The minimum Gasteiger partial charge on any atom is -0.355 e. The lowest BCUT2D eigenvalue weighted by Gasteiger charge is -2.31. The van der Waals surface area contributed by atoms with Gasteiger partial charge in [0, 0.05) is 31.1 Å². The SMILES string of the molecule is [C-]#[N+]C1(Nc2ccc(C(=O)NC)c(C)c2)CCC1. The summed E-state index contributed by atoms with van der Waals surface area (Å²) < 4.78 is 0. The summed E-state index contributed by atoms with van der Waals surface area (Å²) in [5.41, 5.74) is 2.09. The van der Waals surface area contributed by atoms with E-state index >= 15 is 0 Å². The lowest BCUT2D eigenvalue weighted by Crippen LogP contribution is -2.41. The Morgan fingerprint density at radius 1 is 1.44 bits per heavy atom. The number of rotatable bonds is 3. The third-order valence-corrected chi connectivity index (χ3v) is 3.47. The molecule has 0 aromatic heterocycles. The van der Waals surface area contributed by atoms with Crippen molar-refractivity contribution in [3.63, 3.8) is 0 Å². The molecule has 1 aromatic rings. The predicted octanol–water partition coefficient (Wildman–Crippen LogP) is 2.57. The number of hydrogen-bond donors (Lipinski definition) is 2. The third-order valence-electron chi connectivity index (χ3n) is 3.47. The van der Waals surface area contributed by atoms with Gasteiger partial charge in [0.2, 0.25) is 0 Å². The first-order valence-corrected chi connectivity index (χ1v) is 6.10. The summed E-state index contributed by atoms with van der Waals surface area (Å²) >= 11 is 0. The Kier molecular flexibility index (Phi) is 3.24. The molecule has 94 valence electrons. The lowest BCUT2D eigenvalue weighted by molar-refractivity contribution is 0.0962. The number of carbonyl (C=O) groups is 1. The van der Waals surface area contributed by atoms with Crippen molar-refractivity contribution >= 4 is 11.6 Å². The largest absolute Gasteiger partial charge is 0.355 e. The number of anilines is 1. The van der Waals surface area contributed by atoms with Gasteiger partial charge in [0.1, 0.15) is 0 Å². The number of benzene rings is 1. The Morgan fingerprint density at radius 3 is 2.61 bits per heavy atom. The maximum Gasteiger partial charge on any atom is 0.305 e. The molecule has 0 bridgehead atoms. The van der Waals surface area contributed by atoms with Crippen LogP contribution in [0, 0.1) is 13.5 Å². The summed E-state index contributed by atoms with van der Waals surface area (Å²) in [5.74, 6) is -0.0809. The van der Waals surface area contributed by atoms with E-state index < -0.39 is 5.66 Å². The van der Waals surface area contributed by atoms with Crippen LogP contribution in [0.5, 0.6) is 0 Å². The molecule has 4 nitrogen and oxygen atoms in total. The van der Waals surface area contributed by atoms with E-state index in [1.807, 2.05) is 19.1 Å². The summed E-state index contributed by atoms with van der Waals surface area (Å²) in [7, 11) is 1.62. The minimum atomic E-state index is -0.416. The van der Waals surface area contributed by atoms with Gasteiger partial charge in [0.05, 0.1) is 0 Å². The van der Waals surface area contributed by atoms with Crippen molar-refractivity contribution in [3.8, 4) is 0 Å². The first kappa shape index (κ1) is 12.4. The maximum absolute atomic E-state index is 11.6. The molecule has 0 aliphatic heterocycles. The number of nitrogens with one attached hydrogen (secondary N) is 2. The van der Waals surface area contributed by atoms with E-state index in [1.54, 1.807) is 13.1 Å². The predicted molar refractivity (Wildman–Crippen MR) is 71.4 cm³/mol. The molecule has 1 aromatic carbocycles. The summed E-state index contributed by atoms with van der Waals surface area (Å²) in [6, 6.07) is 5.59. The summed E-state index contributed by atoms with van der Waals surface area (Å²) in [6.45, 7) is 9.15. The monoisotopic (exact) mass is 243 g/mol. The van der Waals surface area contributed by atoms with Gasteiger partial charge < -0.3 is 10.6 Å². The van der Waals surface area contributed by atoms with Crippen molar-refractivity contribution in [2.45, 2.75) is 31.8 Å². The van der Waals surface area contributed by atoms with Gasteiger partial charge in [0.25, 0.3) is 5.91 Å². The van der Waals surface area contributed by atoms with E-state index in [2.05, 4.69) is 15.5 Å². The molecule has 1 fully saturated rings. The van der Waals surface area contributed by atoms with E-state index in [0.717, 1.165) is 30.5 Å². The molecule has 18 heavy (non-hydrogen) atoms. The average molecular weight is 243 g/mol. The van der Waals surface area contributed by atoms with Gasteiger partial charge in [0.15, 0.2) is 0 Å². The van der Waals surface area contributed by atoms with Gasteiger partial charge in [-0.2, -0.15) is 0 Å². The Hall–Kier alpha value is -2.02. The molecule has 2 N–H and O–H groups in total. The highest BCUT2D eigenvalue weighted by Crippen LogP contribution is 2.36. The second-order valence-corrected chi connectivity index (χ2v) is 4.73. The van der Waals surface area contributed by atoms with Crippen LogP contribution in [0.3, 0.4) is 0 Å². The molecule has 1 aliphatic carbocycles. The summed E-state index contributed by atoms with van der Waals surface area (Å²) in [6.07, 6.45) is 2.89. The van der Waals surface area contributed by atoms with Crippen molar-refractivity contribution < 1.29 is 4.79 Å². The third kappa shape index (κ3) is 2.17. The van der Waals surface area contributed by atoms with Gasteiger partial charge in [-0.05, 0) is 37.1 Å². The van der Waals surface area contributed by atoms with E-state index in [1.165, 1.54) is 0 Å². The standard InChI is InChI=1S/C14H17N3O/c1-10-9-11(5-6-12(10)13(18)15-2)17-14(16-3)7-4-8-14/h5-6,9,17H,4,7-8H2,1-2H3,(H,15,18). The molecular weight excluding hydrogens is 226 g/mol. The van der Waals surface area contributed by atoms with E-state index in [-0.39, 0.29) is 5.91 Å².